The van der Waals surface area contributed by atoms with Crippen molar-refractivity contribution in [1.29, 1.82) is 0 Å². The molecule has 0 radical (unpaired) electrons. The van der Waals surface area contributed by atoms with Gasteiger partial charge in [-0.3, -0.25) is 0 Å². The van der Waals surface area contributed by atoms with Gasteiger partial charge in [-0.05, 0) is 37.3 Å². The zero-order valence-electron chi connectivity index (χ0n) is 14.6. The standard InChI is InChI=1S/C19H23ClN2O3/c1-21-6-8-22(9-7-21)11-15-17(23)16(20)10-14-12-4-2-3-5-13(12)19(24)25-18(14)15/h10,23H,2-9,11H2,1H3/p+2. The first-order chi connectivity index (χ1) is 12.0. The van der Waals surface area contributed by atoms with E-state index in [0.717, 1.165) is 68.4 Å². The number of hydrogen-bond donors (Lipinski definition) is 3. The molecule has 0 atom stereocenters. The molecule has 1 aliphatic heterocycles. The lowest BCUT2D eigenvalue weighted by atomic mass is 9.90. The Kier molecular flexibility index (Phi) is 4.48. The summed E-state index contributed by atoms with van der Waals surface area (Å²) in [4.78, 5) is 15.4. The van der Waals surface area contributed by atoms with Crippen molar-refractivity contribution in [2.45, 2.75) is 32.2 Å². The molecule has 2 heterocycles. The largest absolute Gasteiger partial charge is 0.506 e. The number of phenolic OH excluding ortho intramolecular Hbond substituents is 1. The number of fused-ring (bicyclic) bond motifs is 3. The molecule has 0 unspecified atom stereocenters. The third kappa shape index (κ3) is 3.05. The van der Waals surface area contributed by atoms with Gasteiger partial charge < -0.3 is 19.3 Å². The highest BCUT2D eigenvalue weighted by Gasteiger charge is 2.27. The molecule has 1 saturated heterocycles. The molecule has 0 spiro atoms. The van der Waals surface area contributed by atoms with Gasteiger partial charge in [-0.2, -0.15) is 0 Å². The quantitative estimate of drug-likeness (QED) is 0.655. The Morgan fingerprint density at radius 3 is 2.56 bits per heavy atom. The van der Waals surface area contributed by atoms with Crippen LogP contribution in [0.1, 0.15) is 29.5 Å². The maximum atomic E-state index is 12.5. The van der Waals surface area contributed by atoms with Gasteiger partial charge in [0, 0.05) is 10.9 Å². The monoisotopic (exact) mass is 364 g/mol. The van der Waals surface area contributed by atoms with Crippen molar-refractivity contribution in [3.8, 4) is 5.75 Å². The van der Waals surface area contributed by atoms with E-state index in [4.69, 9.17) is 16.0 Å². The predicted molar refractivity (Wildman–Crippen MR) is 96.8 cm³/mol. The molecule has 1 aromatic carbocycles. The van der Waals surface area contributed by atoms with Crippen LogP contribution in [0.4, 0.5) is 0 Å². The first-order valence-corrected chi connectivity index (χ1v) is 9.56. The van der Waals surface area contributed by atoms with Gasteiger partial charge in [0.15, 0.2) is 5.58 Å². The van der Waals surface area contributed by atoms with E-state index >= 15 is 0 Å². The van der Waals surface area contributed by atoms with E-state index in [1.807, 2.05) is 0 Å². The normalized spacial score (nSPS) is 23.6. The Labute approximate surface area is 151 Å². The minimum absolute atomic E-state index is 0.0619. The van der Waals surface area contributed by atoms with Crippen LogP contribution in [0.5, 0.6) is 5.75 Å². The maximum absolute atomic E-state index is 12.5. The van der Waals surface area contributed by atoms with Gasteiger partial charge in [-0.15, -0.1) is 0 Å². The molecule has 4 rings (SSSR count). The molecule has 1 fully saturated rings. The van der Waals surface area contributed by atoms with Crippen molar-refractivity contribution in [3.05, 3.63) is 38.2 Å². The third-order valence-corrected chi connectivity index (χ3v) is 6.06. The van der Waals surface area contributed by atoms with Crippen LogP contribution in [0, 0.1) is 0 Å². The number of aryl methyl sites for hydroxylation is 1. The molecule has 0 bridgehead atoms. The first-order valence-electron chi connectivity index (χ1n) is 9.18. The summed E-state index contributed by atoms with van der Waals surface area (Å²) in [6.07, 6.45) is 3.75. The van der Waals surface area contributed by atoms with Crippen LogP contribution in [0.15, 0.2) is 15.3 Å². The second-order valence-electron chi connectivity index (χ2n) is 7.50. The molecule has 5 nitrogen and oxygen atoms in total. The maximum Gasteiger partial charge on any atom is 0.339 e. The molecule has 2 aromatic rings. The molecule has 2 aliphatic rings. The van der Waals surface area contributed by atoms with Gasteiger partial charge in [0.1, 0.15) is 38.5 Å². The van der Waals surface area contributed by atoms with Crippen molar-refractivity contribution in [2.24, 2.45) is 0 Å². The van der Waals surface area contributed by atoms with Crippen LogP contribution < -0.4 is 15.4 Å². The fourth-order valence-corrected chi connectivity index (χ4v) is 4.44. The number of piperazine rings is 1. The molecule has 3 N–H and O–H groups in total. The molecule has 1 aliphatic carbocycles. The number of likely N-dealkylation sites (N-methyl/N-ethyl adjacent to an activating group) is 1. The summed E-state index contributed by atoms with van der Waals surface area (Å²) in [5.74, 6) is 0.0619. The Morgan fingerprint density at radius 1 is 1.16 bits per heavy atom. The number of quaternary nitrogens is 2. The SMILES string of the molecule is C[NH+]1CC[NH+](Cc2c(O)c(Cl)cc3c4c(c(=O)oc23)CCCC4)CC1. The summed E-state index contributed by atoms with van der Waals surface area (Å²) in [5.41, 5.74) is 2.83. The van der Waals surface area contributed by atoms with Gasteiger partial charge in [-0.25, -0.2) is 4.79 Å². The van der Waals surface area contributed by atoms with E-state index in [0.29, 0.717) is 22.7 Å². The Bertz CT molecular complexity index is 869. The molecular formula is C19H25ClN2O3+2. The van der Waals surface area contributed by atoms with E-state index < -0.39 is 0 Å². The van der Waals surface area contributed by atoms with Crippen LogP contribution in [0.25, 0.3) is 11.0 Å². The molecule has 0 amide bonds. The molecule has 6 heteroatoms. The summed E-state index contributed by atoms with van der Waals surface area (Å²) in [6.45, 7) is 4.92. The molecule has 1 aromatic heterocycles. The second-order valence-corrected chi connectivity index (χ2v) is 7.91. The number of halogens is 1. The zero-order chi connectivity index (χ0) is 17.6. The van der Waals surface area contributed by atoms with E-state index in [9.17, 15) is 9.90 Å². The second kappa shape index (κ2) is 6.63. The Balaban J connectivity index is 1.84. The lowest BCUT2D eigenvalue weighted by Crippen LogP contribution is -3.26. The number of aromatic hydroxyl groups is 1. The van der Waals surface area contributed by atoms with Crippen LogP contribution in [0.2, 0.25) is 5.02 Å². The Morgan fingerprint density at radius 2 is 1.84 bits per heavy atom. The highest BCUT2D eigenvalue weighted by molar-refractivity contribution is 6.33. The smallest absolute Gasteiger partial charge is 0.339 e. The molecule has 134 valence electrons. The zero-order valence-corrected chi connectivity index (χ0v) is 15.3. The number of phenols is 1. The van der Waals surface area contributed by atoms with E-state index in [-0.39, 0.29) is 11.4 Å². The minimum Gasteiger partial charge on any atom is -0.506 e. The lowest BCUT2D eigenvalue weighted by molar-refractivity contribution is -1.01. The lowest BCUT2D eigenvalue weighted by Gasteiger charge is -2.28. The highest BCUT2D eigenvalue weighted by atomic mass is 35.5. The van der Waals surface area contributed by atoms with E-state index in [2.05, 4.69) is 7.05 Å². The minimum atomic E-state index is -0.247. The van der Waals surface area contributed by atoms with Crippen LogP contribution in [-0.4, -0.2) is 38.3 Å². The summed E-state index contributed by atoms with van der Waals surface area (Å²) in [6, 6.07) is 1.77. The van der Waals surface area contributed by atoms with E-state index in [1.165, 1.54) is 9.80 Å². The number of hydrogen-bond acceptors (Lipinski definition) is 3. The van der Waals surface area contributed by atoms with Crippen molar-refractivity contribution >= 4 is 22.6 Å². The van der Waals surface area contributed by atoms with Crippen molar-refractivity contribution in [2.75, 3.05) is 33.2 Å². The summed E-state index contributed by atoms with van der Waals surface area (Å²) in [7, 11) is 2.20. The van der Waals surface area contributed by atoms with Gasteiger partial charge in [0.2, 0.25) is 0 Å². The van der Waals surface area contributed by atoms with Crippen LogP contribution in [0.3, 0.4) is 0 Å². The van der Waals surface area contributed by atoms with Crippen molar-refractivity contribution in [3.63, 3.8) is 0 Å². The summed E-state index contributed by atoms with van der Waals surface area (Å²) >= 11 is 6.33. The summed E-state index contributed by atoms with van der Waals surface area (Å²) < 4.78 is 5.70. The van der Waals surface area contributed by atoms with Gasteiger partial charge in [-0.1, -0.05) is 11.6 Å². The van der Waals surface area contributed by atoms with E-state index in [1.54, 1.807) is 6.07 Å². The summed E-state index contributed by atoms with van der Waals surface area (Å²) in [5, 5.41) is 11.8. The van der Waals surface area contributed by atoms with Gasteiger partial charge in [0.25, 0.3) is 0 Å². The number of rotatable bonds is 2. The van der Waals surface area contributed by atoms with Crippen LogP contribution in [-0.2, 0) is 19.4 Å². The topological polar surface area (TPSA) is 59.3 Å². The van der Waals surface area contributed by atoms with Crippen molar-refractivity contribution in [1.82, 2.24) is 0 Å². The van der Waals surface area contributed by atoms with Gasteiger partial charge >= 0.3 is 5.63 Å². The molecule has 0 saturated carbocycles. The average Bonchev–Trinajstić information content (AvgIpc) is 2.62. The Hall–Kier alpha value is -1.56. The first kappa shape index (κ1) is 16.9. The fourth-order valence-electron chi connectivity index (χ4n) is 4.22. The predicted octanol–water partition coefficient (Wildman–Crippen LogP) is -0.0560. The average molecular weight is 365 g/mol. The fraction of sp³-hybridized carbons (Fsp3) is 0.526. The molecular weight excluding hydrogens is 340 g/mol. The third-order valence-electron chi connectivity index (χ3n) is 5.77. The number of benzene rings is 1. The van der Waals surface area contributed by atoms with Gasteiger partial charge in [0.05, 0.1) is 17.6 Å². The molecule has 25 heavy (non-hydrogen) atoms. The van der Waals surface area contributed by atoms with Crippen LogP contribution >= 0.6 is 11.6 Å². The van der Waals surface area contributed by atoms with Crippen molar-refractivity contribution < 1.29 is 19.3 Å². The highest BCUT2D eigenvalue weighted by Crippen LogP contribution is 2.37. The number of nitrogens with one attached hydrogen (secondary N) is 2.